The Morgan fingerprint density at radius 2 is 1.93 bits per heavy atom. The predicted octanol–water partition coefficient (Wildman–Crippen LogP) is -0.373. The van der Waals surface area contributed by atoms with Gasteiger partial charge in [-0.3, -0.25) is 9.59 Å². The van der Waals surface area contributed by atoms with E-state index in [1.165, 1.54) is 0 Å². The molecule has 0 aliphatic heterocycles. The Morgan fingerprint density at radius 1 is 1.27 bits per heavy atom. The van der Waals surface area contributed by atoms with Crippen LogP contribution in [0.1, 0.15) is 26.7 Å². The molecule has 0 saturated carbocycles. The predicted molar refractivity (Wildman–Crippen MR) is 59.4 cm³/mol. The maximum absolute atomic E-state index is 11.3. The molecule has 1 atom stereocenters. The highest BCUT2D eigenvalue weighted by atomic mass is 16.2. The quantitative estimate of drug-likeness (QED) is 0.507. The third-order valence-corrected chi connectivity index (χ3v) is 2.11. The Kier molecular flexibility index (Phi) is 7.62. The van der Waals surface area contributed by atoms with E-state index < -0.39 is 0 Å². The van der Waals surface area contributed by atoms with Gasteiger partial charge in [0.1, 0.15) is 0 Å². The van der Waals surface area contributed by atoms with Crippen molar-refractivity contribution in [1.82, 2.24) is 16.0 Å². The number of amides is 2. The van der Waals surface area contributed by atoms with Gasteiger partial charge in [0, 0.05) is 26.1 Å². The lowest BCUT2D eigenvalue weighted by Gasteiger charge is -2.11. The van der Waals surface area contributed by atoms with Gasteiger partial charge in [0.15, 0.2) is 0 Å². The number of nitrogens with one attached hydrogen (secondary N) is 3. The number of rotatable bonds is 7. The summed E-state index contributed by atoms with van der Waals surface area (Å²) in [6.45, 7) is 4.77. The summed E-state index contributed by atoms with van der Waals surface area (Å²) in [5, 5.41) is 8.23. The van der Waals surface area contributed by atoms with Crippen molar-refractivity contribution >= 4 is 11.8 Å². The first kappa shape index (κ1) is 13.9. The number of hydrogen-bond acceptors (Lipinski definition) is 3. The molecule has 0 aromatic carbocycles. The molecule has 15 heavy (non-hydrogen) atoms. The first-order valence-corrected chi connectivity index (χ1v) is 5.30. The lowest BCUT2D eigenvalue weighted by molar-refractivity contribution is -0.122. The van der Waals surface area contributed by atoms with Crippen LogP contribution >= 0.6 is 0 Å². The largest absolute Gasteiger partial charge is 0.358 e. The Hall–Kier alpha value is -1.10. The average molecular weight is 215 g/mol. The number of carbonyl (C=O) groups is 2. The fourth-order valence-corrected chi connectivity index (χ4v) is 0.941. The van der Waals surface area contributed by atoms with Gasteiger partial charge in [-0.2, -0.15) is 0 Å². The zero-order valence-corrected chi connectivity index (χ0v) is 9.72. The van der Waals surface area contributed by atoms with Crippen molar-refractivity contribution in [2.45, 2.75) is 32.7 Å². The van der Waals surface area contributed by atoms with E-state index in [2.05, 4.69) is 16.0 Å². The summed E-state index contributed by atoms with van der Waals surface area (Å²) in [5.74, 6) is -0.0499. The van der Waals surface area contributed by atoms with Gasteiger partial charge in [0.2, 0.25) is 11.8 Å². The van der Waals surface area contributed by atoms with E-state index in [9.17, 15) is 9.59 Å². The summed E-state index contributed by atoms with van der Waals surface area (Å²) in [7, 11) is 1.58. The van der Waals surface area contributed by atoms with Crippen molar-refractivity contribution in [3.63, 3.8) is 0 Å². The standard InChI is InChI=1S/C10H21N3O2/c1-4-8(2)13-9(14)5-6-12-7-10(15)11-3/h8,12H,4-7H2,1-3H3,(H,11,15)(H,13,14). The molecule has 0 spiro atoms. The van der Waals surface area contributed by atoms with Gasteiger partial charge in [0.25, 0.3) is 0 Å². The zero-order chi connectivity index (χ0) is 11.7. The Morgan fingerprint density at radius 3 is 2.47 bits per heavy atom. The van der Waals surface area contributed by atoms with E-state index in [0.717, 1.165) is 6.42 Å². The maximum atomic E-state index is 11.3. The van der Waals surface area contributed by atoms with Gasteiger partial charge in [-0.1, -0.05) is 6.92 Å². The first-order valence-electron chi connectivity index (χ1n) is 5.30. The molecule has 0 heterocycles. The van der Waals surface area contributed by atoms with E-state index >= 15 is 0 Å². The molecule has 2 amide bonds. The molecule has 0 aromatic heterocycles. The molecule has 0 radical (unpaired) electrons. The van der Waals surface area contributed by atoms with Crippen LogP contribution in [0.5, 0.6) is 0 Å². The summed E-state index contributed by atoms with van der Waals surface area (Å²) in [6.07, 6.45) is 1.33. The number of carbonyl (C=O) groups excluding carboxylic acids is 2. The van der Waals surface area contributed by atoms with Crippen molar-refractivity contribution < 1.29 is 9.59 Å². The first-order chi connectivity index (χ1) is 7.10. The highest BCUT2D eigenvalue weighted by Gasteiger charge is 2.04. The van der Waals surface area contributed by atoms with Crippen LogP contribution in [0.2, 0.25) is 0 Å². The van der Waals surface area contributed by atoms with E-state index in [-0.39, 0.29) is 24.4 Å². The molecule has 0 bridgehead atoms. The molecule has 1 unspecified atom stereocenters. The third kappa shape index (κ3) is 7.93. The fourth-order valence-electron chi connectivity index (χ4n) is 0.941. The van der Waals surface area contributed by atoms with Crippen molar-refractivity contribution in [3.05, 3.63) is 0 Å². The molecule has 5 nitrogen and oxygen atoms in total. The van der Waals surface area contributed by atoms with Crippen LogP contribution in [0.3, 0.4) is 0 Å². The number of hydrogen-bond donors (Lipinski definition) is 3. The van der Waals surface area contributed by atoms with Crippen LogP contribution in [0.25, 0.3) is 0 Å². The van der Waals surface area contributed by atoms with Gasteiger partial charge in [-0.15, -0.1) is 0 Å². The van der Waals surface area contributed by atoms with Crippen molar-refractivity contribution in [3.8, 4) is 0 Å². The topological polar surface area (TPSA) is 70.2 Å². The molecule has 3 N–H and O–H groups in total. The third-order valence-electron chi connectivity index (χ3n) is 2.11. The highest BCUT2D eigenvalue weighted by molar-refractivity contribution is 5.78. The summed E-state index contributed by atoms with van der Waals surface area (Å²) in [4.78, 5) is 22.1. The van der Waals surface area contributed by atoms with Crippen molar-refractivity contribution in [2.75, 3.05) is 20.1 Å². The summed E-state index contributed by atoms with van der Waals surface area (Å²) in [5.41, 5.74) is 0. The van der Waals surface area contributed by atoms with Gasteiger partial charge in [-0.25, -0.2) is 0 Å². The second-order valence-corrected chi connectivity index (χ2v) is 3.48. The summed E-state index contributed by atoms with van der Waals surface area (Å²) < 4.78 is 0. The minimum absolute atomic E-state index is 0.0220. The molecule has 0 saturated heterocycles. The van der Waals surface area contributed by atoms with Crippen LogP contribution in [-0.4, -0.2) is 38.0 Å². The Bertz CT molecular complexity index is 207. The summed E-state index contributed by atoms with van der Waals surface area (Å²) in [6, 6.07) is 0.219. The lowest BCUT2D eigenvalue weighted by atomic mass is 10.2. The van der Waals surface area contributed by atoms with E-state index in [4.69, 9.17) is 0 Å². The van der Waals surface area contributed by atoms with Crippen molar-refractivity contribution in [1.29, 1.82) is 0 Å². The summed E-state index contributed by atoms with van der Waals surface area (Å²) >= 11 is 0. The molecular weight excluding hydrogens is 194 g/mol. The molecule has 0 aromatic rings. The molecule has 88 valence electrons. The van der Waals surface area contributed by atoms with Gasteiger partial charge < -0.3 is 16.0 Å². The smallest absolute Gasteiger partial charge is 0.233 e. The SMILES string of the molecule is CCC(C)NC(=O)CCNCC(=O)NC. The fraction of sp³-hybridized carbons (Fsp3) is 0.800. The van der Waals surface area contributed by atoms with E-state index in [1.54, 1.807) is 7.05 Å². The van der Waals surface area contributed by atoms with Crippen molar-refractivity contribution in [2.24, 2.45) is 0 Å². The lowest BCUT2D eigenvalue weighted by Crippen LogP contribution is -2.36. The van der Waals surface area contributed by atoms with Crippen LogP contribution in [0.4, 0.5) is 0 Å². The molecular formula is C10H21N3O2. The van der Waals surface area contributed by atoms with Crippen LogP contribution in [-0.2, 0) is 9.59 Å². The average Bonchev–Trinajstić information content (AvgIpc) is 2.23. The van der Waals surface area contributed by atoms with Gasteiger partial charge in [-0.05, 0) is 13.3 Å². The molecule has 5 heteroatoms. The molecule has 0 rings (SSSR count). The molecule has 0 aliphatic rings. The van der Waals surface area contributed by atoms with E-state index in [0.29, 0.717) is 13.0 Å². The number of likely N-dealkylation sites (N-methyl/N-ethyl adjacent to an activating group) is 1. The van der Waals surface area contributed by atoms with Crippen LogP contribution in [0, 0.1) is 0 Å². The maximum Gasteiger partial charge on any atom is 0.233 e. The van der Waals surface area contributed by atoms with Gasteiger partial charge >= 0.3 is 0 Å². The Labute approximate surface area is 91.0 Å². The normalized spacial score (nSPS) is 11.9. The van der Waals surface area contributed by atoms with Gasteiger partial charge in [0.05, 0.1) is 6.54 Å². The van der Waals surface area contributed by atoms with E-state index in [1.807, 2.05) is 13.8 Å². The molecule has 0 aliphatic carbocycles. The van der Waals surface area contributed by atoms with Crippen LogP contribution in [0.15, 0.2) is 0 Å². The monoisotopic (exact) mass is 215 g/mol. The Balaban J connectivity index is 3.43. The zero-order valence-electron chi connectivity index (χ0n) is 9.72. The second kappa shape index (κ2) is 8.23. The molecule has 0 fully saturated rings. The minimum atomic E-state index is -0.0719. The van der Waals surface area contributed by atoms with Crippen LogP contribution < -0.4 is 16.0 Å². The minimum Gasteiger partial charge on any atom is -0.358 e. The second-order valence-electron chi connectivity index (χ2n) is 3.48. The highest BCUT2D eigenvalue weighted by Crippen LogP contribution is 1.88.